The van der Waals surface area contributed by atoms with Crippen LogP contribution >= 0.6 is 0 Å². The van der Waals surface area contributed by atoms with E-state index >= 15 is 0 Å². The van der Waals surface area contributed by atoms with Gasteiger partial charge in [0.15, 0.2) is 5.60 Å². The summed E-state index contributed by atoms with van der Waals surface area (Å²) < 4.78 is 11.3. The van der Waals surface area contributed by atoms with Crippen molar-refractivity contribution in [2.45, 2.75) is 38.4 Å². The lowest BCUT2D eigenvalue weighted by Crippen LogP contribution is -2.39. The zero-order chi connectivity index (χ0) is 42.2. The topological polar surface area (TPSA) is 162 Å². The number of amides is 2. The van der Waals surface area contributed by atoms with Crippen molar-refractivity contribution in [2.75, 3.05) is 19.7 Å². The number of rotatable bonds is 12. The Labute approximate surface area is 348 Å². The highest BCUT2D eigenvalue weighted by molar-refractivity contribution is 6.08. The van der Waals surface area contributed by atoms with Gasteiger partial charge in [0, 0.05) is 29.8 Å². The van der Waals surface area contributed by atoms with E-state index in [9.17, 15) is 24.3 Å². The highest BCUT2D eigenvalue weighted by atomic mass is 16.6. The third-order valence-corrected chi connectivity index (χ3v) is 11.4. The van der Waals surface area contributed by atoms with Crippen molar-refractivity contribution in [3.05, 3.63) is 184 Å². The first-order chi connectivity index (χ1) is 28.9. The molecule has 60 heavy (non-hydrogen) atoms. The lowest BCUT2D eigenvalue weighted by atomic mass is 9.71. The first kappa shape index (κ1) is 40.2. The SMILES string of the molecule is CC(C)(C)OC(=O)c1cc(CCN)ccc1C(=O)OCCN1C(=O)C2C3C=C(C(O)(c4ccccc4)c4ccccn4)C(C3=C(c3ccccc3)c3ccccn3)C2C1=O. The molecule has 3 N–H and O–H groups in total. The second kappa shape index (κ2) is 16.2. The molecule has 2 aromatic heterocycles. The molecule has 2 aliphatic carbocycles. The molecular formula is C49H46N4O7. The summed E-state index contributed by atoms with van der Waals surface area (Å²) in [5, 5.41) is 13.2. The van der Waals surface area contributed by atoms with Crippen LogP contribution in [0, 0.1) is 23.7 Å². The zero-order valence-electron chi connectivity index (χ0n) is 33.7. The van der Waals surface area contributed by atoms with Gasteiger partial charge in [0.25, 0.3) is 0 Å². The number of hydrogen-bond acceptors (Lipinski definition) is 10. The van der Waals surface area contributed by atoms with Gasteiger partial charge in [-0.3, -0.25) is 24.5 Å². The Kier molecular flexibility index (Phi) is 10.9. The number of nitrogens with zero attached hydrogens (tertiary/aromatic N) is 3. The summed E-state index contributed by atoms with van der Waals surface area (Å²) in [4.78, 5) is 66.8. The molecule has 2 bridgehead atoms. The van der Waals surface area contributed by atoms with Crippen molar-refractivity contribution < 1.29 is 33.8 Å². The predicted molar refractivity (Wildman–Crippen MR) is 224 cm³/mol. The molecule has 1 saturated heterocycles. The van der Waals surface area contributed by atoms with Crippen molar-refractivity contribution in [1.82, 2.24) is 14.9 Å². The standard InChI is InChI=1S/C49H46N4O7/c1-48(2,3)60-47(57)34-28-30(22-23-50)20-21-33(34)46(56)59-27-26-53-44(54)41-35-29-36(49(58,32-16-8-5-9-17-32)38-19-11-13-25-52-38)42(43(41)45(53)55)40(35)39(31-14-6-4-7-15-31)37-18-10-12-24-51-37/h4-21,24-25,28-29,35,41-43,58H,22-23,26-27,50H2,1-3H3. The minimum absolute atomic E-state index is 0.000290. The van der Waals surface area contributed by atoms with Gasteiger partial charge in [-0.15, -0.1) is 0 Å². The fraction of sp³-hybridized carbons (Fsp3) is 0.265. The average Bonchev–Trinajstić information content (AvgIpc) is 3.87. The molecule has 3 heterocycles. The molecule has 0 radical (unpaired) electrons. The maximum Gasteiger partial charge on any atom is 0.339 e. The van der Waals surface area contributed by atoms with Crippen LogP contribution in [-0.2, 0) is 31.1 Å². The van der Waals surface area contributed by atoms with Gasteiger partial charge in [-0.2, -0.15) is 0 Å². The van der Waals surface area contributed by atoms with Crippen LogP contribution in [0.25, 0.3) is 5.57 Å². The number of benzene rings is 3. The highest BCUT2D eigenvalue weighted by Gasteiger charge is 2.66. The third kappa shape index (κ3) is 7.24. The van der Waals surface area contributed by atoms with Gasteiger partial charge < -0.3 is 20.3 Å². The third-order valence-electron chi connectivity index (χ3n) is 11.4. The smallest absolute Gasteiger partial charge is 0.339 e. The molecular weight excluding hydrogens is 757 g/mol. The average molecular weight is 803 g/mol. The molecule has 5 atom stereocenters. The molecule has 11 heteroatoms. The van der Waals surface area contributed by atoms with E-state index in [2.05, 4.69) is 4.98 Å². The largest absolute Gasteiger partial charge is 0.460 e. The Balaban J connectivity index is 1.16. The maximum absolute atomic E-state index is 14.8. The summed E-state index contributed by atoms with van der Waals surface area (Å²) in [6.45, 7) is 5.04. The predicted octanol–water partition coefficient (Wildman–Crippen LogP) is 6.32. The first-order valence-electron chi connectivity index (χ1n) is 20.1. The fourth-order valence-electron chi connectivity index (χ4n) is 9.03. The Bertz CT molecular complexity index is 2420. The lowest BCUT2D eigenvalue weighted by Gasteiger charge is -2.36. The van der Waals surface area contributed by atoms with Gasteiger partial charge >= 0.3 is 11.9 Å². The van der Waals surface area contributed by atoms with E-state index in [-0.39, 0.29) is 24.3 Å². The number of pyridine rings is 2. The number of aromatic nitrogens is 2. The molecule has 2 fully saturated rings. The summed E-state index contributed by atoms with van der Waals surface area (Å²) in [5.41, 5.74) is 8.65. The Hall–Kier alpha value is -6.56. The number of imide groups is 1. The lowest BCUT2D eigenvalue weighted by molar-refractivity contribution is -0.141. The highest BCUT2D eigenvalue weighted by Crippen LogP contribution is 2.64. The van der Waals surface area contributed by atoms with Gasteiger partial charge in [0.1, 0.15) is 12.2 Å². The molecule has 8 rings (SSSR count). The number of aliphatic hydroxyl groups is 1. The number of ether oxygens (including phenoxy) is 2. The molecule has 1 saturated carbocycles. The van der Waals surface area contributed by atoms with Crippen LogP contribution in [0.2, 0.25) is 0 Å². The van der Waals surface area contributed by atoms with E-state index in [1.807, 2.05) is 91.0 Å². The van der Waals surface area contributed by atoms with E-state index in [0.717, 1.165) is 22.3 Å². The van der Waals surface area contributed by atoms with Crippen LogP contribution in [0.5, 0.6) is 0 Å². The minimum atomic E-state index is -1.76. The number of allylic oxidation sites excluding steroid dienone is 2. The number of carbonyl (C=O) groups excluding carboxylic acids is 4. The van der Waals surface area contributed by atoms with Gasteiger partial charge in [-0.25, -0.2) is 9.59 Å². The maximum atomic E-state index is 14.8. The summed E-state index contributed by atoms with van der Waals surface area (Å²) in [5.74, 6) is -5.26. The molecule has 5 unspecified atom stereocenters. The number of nitrogens with two attached hydrogens (primary N) is 1. The molecule has 2 amide bonds. The van der Waals surface area contributed by atoms with Crippen LogP contribution in [0.15, 0.2) is 145 Å². The zero-order valence-corrected chi connectivity index (χ0v) is 33.7. The summed E-state index contributed by atoms with van der Waals surface area (Å²) in [6.07, 6.45) is 5.78. The molecule has 1 aliphatic heterocycles. The van der Waals surface area contributed by atoms with E-state index in [1.165, 1.54) is 11.0 Å². The number of esters is 2. The van der Waals surface area contributed by atoms with Crippen LogP contribution in [0.4, 0.5) is 0 Å². The van der Waals surface area contributed by atoms with E-state index < -0.39 is 58.6 Å². The van der Waals surface area contributed by atoms with Crippen molar-refractivity contribution in [2.24, 2.45) is 29.4 Å². The minimum Gasteiger partial charge on any atom is -0.460 e. The molecule has 11 nitrogen and oxygen atoms in total. The van der Waals surface area contributed by atoms with Crippen molar-refractivity contribution in [3.8, 4) is 0 Å². The first-order valence-corrected chi connectivity index (χ1v) is 20.1. The van der Waals surface area contributed by atoms with E-state index in [1.54, 1.807) is 57.4 Å². The Morgan fingerprint density at radius 2 is 1.45 bits per heavy atom. The summed E-state index contributed by atoms with van der Waals surface area (Å²) in [6, 6.07) is 34.8. The van der Waals surface area contributed by atoms with Gasteiger partial charge in [0.2, 0.25) is 11.8 Å². The molecule has 0 spiro atoms. The van der Waals surface area contributed by atoms with Crippen LogP contribution in [0.1, 0.15) is 69.6 Å². The molecule has 5 aromatic rings. The van der Waals surface area contributed by atoms with Gasteiger partial charge in [0.05, 0.1) is 40.9 Å². The van der Waals surface area contributed by atoms with Crippen LogP contribution in [-0.4, -0.2) is 69.0 Å². The fourth-order valence-corrected chi connectivity index (χ4v) is 9.03. The Morgan fingerprint density at radius 3 is 2.10 bits per heavy atom. The van der Waals surface area contributed by atoms with E-state index in [0.29, 0.717) is 35.5 Å². The monoisotopic (exact) mass is 802 g/mol. The molecule has 304 valence electrons. The van der Waals surface area contributed by atoms with Gasteiger partial charge in [-0.1, -0.05) is 84.9 Å². The van der Waals surface area contributed by atoms with Crippen LogP contribution in [0.3, 0.4) is 0 Å². The van der Waals surface area contributed by atoms with Crippen LogP contribution < -0.4 is 5.73 Å². The Morgan fingerprint density at radius 1 is 0.783 bits per heavy atom. The normalized spacial score (nSPS) is 21.3. The number of fused-ring (bicyclic) bond motifs is 5. The second-order valence-electron chi connectivity index (χ2n) is 16.3. The van der Waals surface area contributed by atoms with Gasteiger partial charge in [-0.05, 0) is 98.0 Å². The van der Waals surface area contributed by atoms with E-state index in [4.69, 9.17) is 20.2 Å². The van der Waals surface area contributed by atoms with Crippen molar-refractivity contribution in [1.29, 1.82) is 0 Å². The summed E-state index contributed by atoms with van der Waals surface area (Å²) in [7, 11) is 0. The molecule has 3 aromatic carbocycles. The quantitative estimate of drug-likeness (QED) is 0.0831. The second-order valence-corrected chi connectivity index (χ2v) is 16.3. The number of carbonyl (C=O) groups is 4. The molecule has 3 aliphatic rings. The number of hydrogen-bond donors (Lipinski definition) is 2. The summed E-state index contributed by atoms with van der Waals surface area (Å²) >= 11 is 0. The van der Waals surface area contributed by atoms with Crippen molar-refractivity contribution in [3.63, 3.8) is 0 Å². The number of likely N-dealkylation sites (tertiary alicyclic amines) is 1. The van der Waals surface area contributed by atoms with Crippen molar-refractivity contribution >= 4 is 29.3 Å².